The van der Waals surface area contributed by atoms with Gasteiger partial charge in [-0.05, 0) is 146 Å². The van der Waals surface area contributed by atoms with E-state index in [1.165, 1.54) is 44.5 Å². The minimum atomic E-state index is -0.198. The number of hydrogen-bond acceptors (Lipinski definition) is 5. The van der Waals surface area contributed by atoms with Crippen LogP contribution in [0.3, 0.4) is 0 Å². The summed E-state index contributed by atoms with van der Waals surface area (Å²) in [5.74, 6) is 0.189. The zero-order valence-corrected chi connectivity index (χ0v) is 42.0. The van der Waals surface area contributed by atoms with E-state index in [1.54, 1.807) is 0 Å². The Balaban J connectivity index is 0.884. The summed E-state index contributed by atoms with van der Waals surface area (Å²) < 4.78 is 12.7. The SMILES string of the molecule is CC1(C)c2ccccc2-c2ccc(N(c3ccc(-c4ccc(N(c5ccc6c(c5)C(C)(C)c5ccccc5-6)c5ccc6oc7ccccc7c6c5)c5ccccc45)c(O)c3)c3ccc4oc5ccccc5c4c3)cc21. The molecular formula is C70H50N2O3. The molecule has 1 N–H and O–H groups in total. The van der Waals surface area contributed by atoms with Crippen LogP contribution in [0.5, 0.6) is 5.75 Å². The topological polar surface area (TPSA) is 53.0 Å². The number of rotatable bonds is 7. The molecule has 0 saturated heterocycles. The highest BCUT2D eigenvalue weighted by Crippen LogP contribution is 2.54. The van der Waals surface area contributed by atoms with Crippen LogP contribution >= 0.6 is 0 Å². The zero-order valence-electron chi connectivity index (χ0n) is 42.0. The molecule has 0 spiro atoms. The Morgan fingerprint density at radius 2 is 0.680 bits per heavy atom. The van der Waals surface area contributed by atoms with E-state index in [9.17, 15) is 5.11 Å². The molecule has 13 aromatic rings. The van der Waals surface area contributed by atoms with Gasteiger partial charge in [0.05, 0.1) is 5.69 Å². The van der Waals surface area contributed by atoms with Gasteiger partial charge in [0, 0.05) is 77.8 Å². The van der Waals surface area contributed by atoms with Gasteiger partial charge in [-0.2, -0.15) is 0 Å². The number of benzene rings is 11. The lowest BCUT2D eigenvalue weighted by molar-refractivity contribution is 0.477. The van der Waals surface area contributed by atoms with Crippen LogP contribution in [-0.2, 0) is 10.8 Å². The Hall–Kier alpha value is -9.32. The Labute approximate surface area is 434 Å². The standard InChI is InChI=1S/C70H50N2O3/c1-69(2)59-21-11-7-16-49(59)51-30-25-44(39-61(51)69)71(42-28-35-67-57(37-42)55-19-9-13-23-65(55)74-67)46-27-32-54(64(73)41-46)48-33-34-63(53-18-6-5-15-47(48)53)72(43-29-36-68-58(38-43)56-20-10-14-24-66(56)75-68)45-26-31-52-50-17-8-12-22-60(50)70(3,4)62(52)40-45/h5-41,73H,1-4H3. The molecule has 0 radical (unpaired) electrons. The molecule has 2 aliphatic carbocycles. The van der Waals surface area contributed by atoms with Gasteiger partial charge in [-0.3, -0.25) is 0 Å². The van der Waals surface area contributed by atoms with Gasteiger partial charge in [-0.15, -0.1) is 0 Å². The first-order chi connectivity index (χ1) is 36.6. The van der Waals surface area contributed by atoms with Crippen LogP contribution in [0.15, 0.2) is 233 Å². The fraction of sp³-hybridized carbons (Fsp3) is 0.0857. The molecule has 358 valence electrons. The lowest BCUT2D eigenvalue weighted by Gasteiger charge is -2.30. The summed E-state index contributed by atoms with van der Waals surface area (Å²) in [5.41, 5.74) is 21.0. The molecule has 11 aromatic carbocycles. The molecule has 0 unspecified atom stereocenters. The first-order valence-corrected chi connectivity index (χ1v) is 25.9. The number of phenolic OH excluding ortho intramolecular Hbond substituents is 1. The molecular weight excluding hydrogens is 917 g/mol. The third kappa shape index (κ3) is 6.37. The number of phenols is 1. The zero-order chi connectivity index (χ0) is 50.3. The lowest BCUT2D eigenvalue weighted by atomic mass is 9.82. The normalized spacial score (nSPS) is 13.9. The molecule has 2 aromatic heterocycles. The van der Waals surface area contributed by atoms with Crippen molar-refractivity contribution in [3.05, 3.63) is 247 Å². The van der Waals surface area contributed by atoms with Crippen molar-refractivity contribution in [1.29, 1.82) is 0 Å². The third-order valence-electron chi connectivity index (χ3n) is 16.6. The molecule has 5 heteroatoms. The Kier molecular flexibility index (Phi) is 9.14. The van der Waals surface area contributed by atoms with Gasteiger partial charge in [0.25, 0.3) is 0 Å². The second-order valence-corrected chi connectivity index (χ2v) is 21.4. The average molecular weight is 967 g/mol. The molecule has 75 heavy (non-hydrogen) atoms. The predicted octanol–water partition coefficient (Wildman–Crippen LogP) is 19.6. The fourth-order valence-corrected chi connectivity index (χ4v) is 12.8. The number of anilines is 6. The third-order valence-corrected chi connectivity index (χ3v) is 16.6. The number of furan rings is 2. The molecule has 0 bridgehead atoms. The predicted molar refractivity (Wildman–Crippen MR) is 310 cm³/mol. The molecule has 0 amide bonds. The smallest absolute Gasteiger partial charge is 0.135 e. The van der Waals surface area contributed by atoms with E-state index < -0.39 is 0 Å². The Morgan fingerprint density at radius 3 is 1.24 bits per heavy atom. The highest BCUT2D eigenvalue weighted by Gasteiger charge is 2.37. The van der Waals surface area contributed by atoms with E-state index in [2.05, 4.69) is 232 Å². The first kappa shape index (κ1) is 43.3. The van der Waals surface area contributed by atoms with Crippen molar-refractivity contribution in [3.63, 3.8) is 0 Å². The van der Waals surface area contributed by atoms with Gasteiger partial charge in [0.15, 0.2) is 0 Å². The molecule has 2 heterocycles. The maximum Gasteiger partial charge on any atom is 0.135 e. The van der Waals surface area contributed by atoms with Crippen molar-refractivity contribution in [3.8, 4) is 39.1 Å². The van der Waals surface area contributed by atoms with Crippen molar-refractivity contribution in [2.24, 2.45) is 0 Å². The van der Waals surface area contributed by atoms with Crippen molar-refractivity contribution >= 4 is 88.8 Å². The van der Waals surface area contributed by atoms with E-state index >= 15 is 0 Å². The van der Waals surface area contributed by atoms with Gasteiger partial charge in [-0.25, -0.2) is 0 Å². The van der Waals surface area contributed by atoms with Crippen LogP contribution < -0.4 is 9.80 Å². The van der Waals surface area contributed by atoms with Crippen molar-refractivity contribution in [2.75, 3.05) is 9.80 Å². The van der Waals surface area contributed by atoms with Gasteiger partial charge in [-0.1, -0.05) is 155 Å². The Morgan fingerprint density at radius 1 is 0.293 bits per heavy atom. The Bertz CT molecular complexity index is 4530. The van der Waals surface area contributed by atoms with Crippen molar-refractivity contribution in [1.82, 2.24) is 0 Å². The van der Waals surface area contributed by atoms with Crippen LogP contribution in [-0.4, -0.2) is 5.11 Å². The highest BCUT2D eigenvalue weighted by molar-refractivity contribution is 6.11. The summed E-state index contributed by atoms with van der Waals surface area (Å²) in [5, 5.41) is 18.9. The molecule has 2 aliphatic rings. The molecule has 0 fully saturated rings. The fourth-order valence-electron chi connectivity index (χ4n) is 12.8. The van der Waals surface area contributed by atoms with Gasteiger partial charge in [0.2, 0.25) is 0 Å². The maximum atomic E-state index is 12.5. The van der Waals surface area contributed by atoms with Gasteiger partial charge < -0.3 is 23.7 Å². The number of nitrogens with zero attached hydrogens (tertiary/aromatic N) is 2. The minimum absolute atomic E-state index is 0.188. The van der Waals surface area contributed by atoms with Crippen molar-refractivity contribution < 1.29 is 13.9 Å². The monoisotopic (exact) mass is 966 g/mol. The quantitative estimate of drug-likeness (QED) is 0.172. The lowest BCUT2D eigenvalue weighted by Crippen LogP contribution is -2.16. The van der Waals surface area contributed by atoms with E-state index in [-0.39, 0.29) is 16.6 Å². The number of para-hydroxylation sites is 2. The number of hydrogen-bond donors (Lipinski definition) is 1. The first-order valence-electron chi connectivity index (χ1n) is 25.9. The minimum Gasteiger partial charge on any atom is -0.507 e. The average Bonchev–Trinajstić information content (AvgIpc) is 4.18. The van der Waals surface area contributed by atoms with Crippen LogP contribution in [0.2, 0.25) is 0 Å². The van der Waals surface area contributed by atoms with E-state index in [0.717, 1.165) is 99.9 Å². The second-order valence-electron chi connectivity index (χ2n) is 21.4. The largest absolute Gasteiger partial charge is 0.507 e. The van der Waals surface area contributed by atoms with Gasteiger partial charge >= 0.3 is 0 Å². The van der Waals surface area contributed by atoms with Crippen LogP contribution in [0, 0.1) is 0 Å². The van der Waals surface area contributed by atoms with E-state index in [1.807, 2.05) is 30.3 Å². The van der Waals surface area contributed by atoms with E-state index in [4.69, 9.17) is 8.83 Å². The van der Waals surface area contributed by atoms with Gasteiger partial charge in [0.1, 0.15) is 28.1 Å². The van der Waals surface area contributed by atoms with Crippen LogP contribution in [0.25, 0.3) is 88.0 Å². The highest BCUT2D eigenvalue weighted by atomic mass is 16.3. The number of aromatic hydroxyl groups is 1. The molecule has 0 atom stereocenters. The summed E-state index contributed by atoms with van der Waals surface area (Å²) in [7, 11) is 0. The summed E-state index contributed by atoms with van der Waals surface area (Å²) >= 11 is 0. The van der Waals surface area contributed by atoms with E-state index in [0.29, 0.717) is 0 Å². The number of fused-ring (bicyclic) bond motifs is 13. The van der Waals surface area contributed by atoms with Crippen molar-refractivity contribution in [2.45, 2.75) is 38.5 Å². The summed E-state index contributed by atoms with van der Waals surface area (Å²) in [6.07, 6.45) is 0. The second kappa shape index (κ2) is 15.8. The molecule has 15 rings (SSSR count). The van der Waals surface area contributed by atoms with Crippen LogP contribution in [0.1, 0.15) is 49.9 Å². The molecule has 0 aliphatic heterocycles. The summed E-state index contributed by atoms with van der Waals surface area (Å²) in [6, 6.07) is 79.8. The summed E-state index contributed by atoms with van der Waals surface area (Å²) in [4.78, 5) is 4.66. The van der Waals surface area contributed by atoms with Crippen LogP contribution in [0.4, 0.5) is 34.1 Å². The molecule has 0 saturated carbocycles. The summed E-state index contributed by atoms with van der Waals surface area (Å²) in [6.45, 7) is 9.30. The molecule has 5 nitrogen and oxygen atoms in total. The maximum absolute atomic E-state index is 12.5.